The summed E-state index contributed by atoms with van der Waals surface area (Å²) in [7, 11) is 0. The van der Waals surface area contributed by atoms with Gasteiger partial charge >= 0.3 is 5.97 Å². The maximum atomic E-state index is 12.6. The van der Waals surface area contributed by atoms with Crippen LogP contribution in [0.15, 0.2) is 42.6 Å². The molecule has 1 unspecified atom stereocenters. The van der Waals surface area contributed by atoms with Crippen molar-refractivity contribution in [1.82, 2.24) is 9.88 Å². The first kappa shape index (κ1) is 20.8. The smallest absolute Gasteiger partial charge is 0.323 e. The molecule has 0 saturated carbocycles. The molecular weight excluding hydrogens is 364 g/mol. The summed E-state index contributed by atoms with van der Waals surface area (Å²) in [6.07, 6.45) is 2.21. The maximum Gasteiger partial charge on any atom is 0.323 e. The lowest BCUT2D eigenvalue weighted by atomic mass is 10.1. The molecule has 1 aromatic heterocycles. The van der Waals surface area contributed by atoms with E-state index in [4.69, 9.17) is 5.11 Å². The minimum Gasteiger partial charge on any atom is -0.480 e. The highest BCUT2D eigenvalue weighted by Crippen LogP contribution is 2.29. The number of hydrogen-bond acceptors (Lipinski definition) is 6. The molecule has 2 aromatic rings. The highest BCUT2D eigenvalue weighted by molar-refractivity contribution is 5.97. The quantitative estimate of drug-likeness (QED) is 0.501. The van der Waals surface area contributed by atoms with Gasteiger partial charge in [0, 0.05) is 24.4 Å². The van der Waals surface area contributed by atoms with Gasteiger partial charge in [0.25, 0.3) is 11.6 Å². The number of nitro groups is 1. The number of nitro benzene ring substituents is 1. The average Bonchev–Trinajstić information content (AvgIpc) is 2.67. The summed E-state index contributed by atoms with van der Waals surface area (Å²) in [4.78, 5) is 39.9. The number of aliphatic carboxylic acids is 1. The zero-order chi connectivity index (χ0) is 20.7. The van der Waals surface area contributed by atoms with Gasteiger partial charge < -0.3 is 15.3 Å². The monoisotopic (exact) mass is 386 g/mol. The minimum absolute atomic E-state index is 0.0671. The first-order valence-electron chi connectivity index (χ1n) is 8.80. The van der Waals surface area contributed by atoms with Crippen LogP contribution in [-0.4, -0.2) is 44.9 Å². The number of hydrogen-bond donors (Lipinski definition) is 2. The van der Waals surface area contributed by atoms with E-state index < -0.39 is 23.3 Å². The van der Waals surface area contributed by atoms with E-state index in [0.717, 1.165) is 4.90 Å². The van der Waals surface area contributed by atoms with Crippen LogP contribution in [0.1, 0.15) is 42.4 Å². The summed E-state index contributed by atoms with van der Waals surface area (Å²) in [5, 5.41) is 23.5. The van der Waals surface area contributed by atoms with Crippen molar-refractivity contribution < 1.29 is 19.6 Å². The average molecular weight is 386 g/mol. The lowest BCUT2D eigenvalue weighted by Gasteiger charge is -2.20. The zero-order valence-electron chi connectivity index (χ0n) is 15.7. The van der Waals surface area contributed by atoms with Crippen molar-refractivity contribution in [1.29, 1.82) is 0 Å². The predicted octanol–water partition coefficient (Wildman–Crippen LogP) is 3.10. The van der Waals surface area contributed by atoms with Crippen LogP contribution in [0, 0.1) is 10.1 Å². The summed E-state index contributed by atoms with van der Waals surface area (Å²) in [5.74, 6) is -1.70. The Balaban J connectivity index is 2.30. The Kier molecular flexibility index (Phi) is 7.02. The molecule has 1 aromatic carbocycles. The van der Waals surface area contributed by atoms with Gasteiger partial charge in [0.05, 0.1) is 16.7 Å². The van der Waals surface area contributed by atoms with Crippen molar-refractivity contribution in [3.05, 3.63) is 64.0 Å². The lowest BCUT2D eigenvalue weighted by molar-refractivity contribution is -0.384. The van der Waals surface area contributed by atoms with Gasteiger partial charge in [-0.2, -0.15) is 0 Å². The molecule has 28 heavy (non-hydrogen) atoms. The van der Waals surface area contributed by atoms with E-state index in [9.17, 15) is 19.7 Å². The number of pyridine rings is 1. The van der Waals surface area contributed by atoms with E-state index in [0.29, 0.717) is 12.1 Å². The third-order valence-corrected chi connectivity index (χ3v) is 4.05. The van der Waals surface area contributed by atoms with Crippen molar-refractivity contribution in [3.8, 4) is 0 Å². The molecule has 0 aliphatic rings. The van der Waals surface area contributed by atoms with Crippen LogP contribution in [0.5, 0.6) is 0 Å². The van der Waals surface area contributed by atoms with Gasteiger partial charge in [-0.15, -0.1) is 0 Å². The number of benzene rings is 1. The van der Waals surface area contributed by atoms with Crippen molar-refractivity contribution in [2.24, 2.45) is 0 Å². The van der Waals surface area contributed by atoms with Crippen LogP contribution < -0.4 is 5.32 Å². The van der Waals surface area contributed by atoms with Crippen LogP contribution in [-0.2, 0) is 4.79 Å². The van der Waals surface area contributed by atoms with E-state index >= 15 is 0 Å². The number of nitrogens with zero attached hydrogens (tertiary/aromatic N) is 3. The van der Waals surface area contributed by atoms with Gasteiger partial charge in [0.2, 0.25) is 0 Å². The van der Waals surface area contributed by atoms with Gasteiger partial charge in [-0.05, 0) is 37.6 Å². The van der Waals surface area contributed by atoms with Gasteiger partial charge in [0.1, 0.15) is 12.2 Å². The van der Waals surface area contributed by atoms with Crippen molar-refractivity contribution in [2.45, 2.75) is 26.3 Å². The molecule has 0 fully saturated rings. The molecule has 2 rings (SSSR count). The molecule has 0 saturated heterocycles. The summed E-state index contributed by atoms with van der Waals surface area (Å²) in [6.45, 7) is 3.42. The van der Waals surface area contributed by atoms with Crippen molar-refractivity contribution >= 4 is 23.3 Å². The Morgan fingerprint density at radius 1 is 1.32 bits per heavy atom. The van der Waals surface area contributed by atoms with Crippen LogP contribution in [0.25, 0.3) is 0 Å². The lowest BCUT2D eigenvalue weighted by Crippen LogP contribution is -2.36. The molecule has 0 aliphatic heterocycles. The number of carboxylic acid groups (broad SMARTS) is 1. The Hall–Kier alpha value is -3.49. The summed E-state index contributed by atoms with van der Waals surface area (Å²) in [6, 6.07) is 9.18. The van der Waals surface area contributed by atoms with Crippen LogP contribution in [0.4, 0.5) is 11.4 Å². The van der Waals surface area contributed by atoms with Crippen LogP contribution >= 0.6 is 0 Å². The molecule has 2 N–H and O–H groups in total. The van der Waals surface area contributed by atoms with Gasteiger partial charge in [-0.3, -0.25) is 24.7 Å². The molecule has 0 spiro atoms. The van der Waals surface area contributed by atoms with Crippen molar-refractivity contribution in [3.63, 3.8) is 0 Å². The van der Waals surface area contributed by atoms with E-state index in [-0.39, 0.29) is 29.5 Å². The predicted molar refractivity (Wildman–Crippen MR) is 103 cm³/mol. The Labute approximate surface area is 162 Å². The summed E-state index contributed by atoms with van der Waals surface area (Å²) >= 11 is 0. The molecule has 0 bridgehead atoms. The number of amides is 1. The second-order valence-corrected chi connectivity index (χ2v) is 6.23. The van der Waals surface area contributed by atoms with Gasteiger partial charge in [-0.25, -0.2) is 0 Å². The molecular formula is C19H22N4O5. The highest BCUT2D eigenvalue weighted by atomic mass is 16.6. The van der Waals surface area contributed by atoms with Crippen LogP contribution in [0.3, 0.4) is 0 Å². The molecule has 9 heteroatoms. The Bertz CT molecular complexity index is 857. The number of nitrogens with one attached hydrogen (secondary N) is 1. The molecule has 0 aliphatic carbocycles. The third-order valence-electron chi connectivity index (χ3n) is 4.05. The van der Waals surface area contributed by atoms with E-state index in [1.807, 2.05) is 19.9 Å². The fourth-order valence-electron chi connectivity index (χ4n) is 2.75. The molecule has 1 amide bonds. The minimum atomic E-state index is -1.14. The highest BCUT2D eigenvalue weighted by Gasteiger charge is 2.23. The molecule has 1 atom stereocenters. The molecule has 0 radical (unpaired) electrons. The molecule has 9 nitrogen and oxygen atoms in total. The van der Waals surface area contributed by atoms with Crippen molar-refractivity contribution in [2.75, 3.05) is 18.4 Å². The Morgan fingerprint density at radius 3 is 2.64 bits per heavy atom. The summed E-state index contributed by atoms with van der Waals surface area (Å²) < 4.78 is 0. The normalized spacial score (nSPS) is 11.5. The largest absolute Gasteiger partial charge is 0.480 e. The van der Waals surface area contributed by atoms with E-state index in [2.05, 4.69) is 10.3 Å². The first-order valence-corrected chi connectivity index (χ1v) is 8.80. The zero-order valence-corrected chi connectivity index (χ0v) is 15.7. The van der Waals surface area contributed by atoms with Gasteiger partial charge in [0.15, 0.2) is 0 Å². The number of carbonyl (C=O) groups is 2. The first-order chi connectivity index (χ1) is 13.3. The second-order valence-electron chi connectivity index (χ2n) is 6.23. The topological polar surface area (TPSA) is 126 Å². The fraction of sp³-hybridized carbons (Fsp3) is 0.316. The molecule has 1 heterocycles. The number of aromatic nitrogens is 1. The third kappa shape index (κ3) is 5.26. The SMILES string of the molecule is CCCN(CC(=O)O)C(=O)c1ccc(NC(C)c2ccccn2)c([N+](=O)[O-])c1. The number of carboxylic acids is 1. The standard InChI is InChI=1S/C19H22N4O5/c1-3-10-22(12-18(24)25)19(26)14-7-8-16(17(11-14)23(27)28)21-13(2)15-6-4-5-9-20-15/h4-9,11,13,21H,3,10,12H2,1-2H3,(H,24,25). The van der Waals surface area contributed by atoms with E-state index in [1.54, 1.807) is 18.3 Å². The van der Waals surface area contributed by atoms with E-state index in [1.165, 1.54) is 18.2 Å². The maximum absolute atomic E-state index is 12.6. The number of rotatable bonds is 9. The second kappa shape index (κ2) is 9.45. The Morgan fingerprint density at radius 2 is 2.07 bits per heavy atom. The van der Waals surface area contributed by atoms with Crippen LogP contribution in [0.2, 0.25) is 0 Å². The van der Waals surface area contributed by atoms with Gasteiger partial charge in [-0.1, -0.05) is 13.0 Å². The molecule has 148 valence electrons. The fourth-order valence-corrected chi connectivity index (χ4v) is 2.75. The summed E-state index contributed by atoms with van der Waals surface area (Å²) in [5.41, 5.74) is 0.769. The number of carbonyl (C=O) groups excluding carboxylic acids is 1. The number of anilines is 1.